The molecule has 0 aliphatic heterocycles. The van der Waals surface area contributed by atoms with Crippen LogP contribution in [0.1, 0.15) is 18.3 Å². The molecule has 1 heterocycles. The number of amides is 1. The van der Waals surface area contributed by atoms with E-state index in [1.807, 2.05) is 31.2 Å². The summed E-state index contributed by atoms with van der Waals surface area (Å²) in [6, 6.07) is 12.5. The fraction of sp³-hybridized carbons (Fsp3) is 0.211. The Morgan fingerprint density at radius 3 is 2.62 bits per heavy atom. The lowest BCUT2D eigenvalue weighted by Gasteiger charge is -2.15. The van der Waals surface area contributed by atoms with Crippen LogP contribution in [0.2, 0.25) is 0 Å². The summed E-state index contributed by atoms with van der Waals surface area (Å²) in [5.41, 5.74) is 2.41. The zero-order chi connectivity index (χ0) is 18.8. The van der Waals surface area contributed by atoms with Gasteiger partial charge in [-0.3, -0.25) is 18.4 Å². The number of aryl methyl sites for hydroxylation is 1. The molecule has 0 saturated heterocycles. The van der Waals surface area contributed by atoms with Crippen molar-refractivity contribution in [2.75, 3.05) is 11.6 Å². The third kappa shape index (κ3) is 3.57. The second kappa shape index (κ2) is 7.21. The molecule has 3 aromatic rings. The van der Waals surface area contributed by atoms with Crippen LogP contribution < -0.4 is 10.9 Å². The highest BCUT2D eigenvalue weighted by atomic mass is 32.2. The van der Waals surface area contributed by atoms with Gasteiger partial charge in [0.2, 0.25) is 5.91 Å². The van der Waals surface area contributed by atoms with Gasteiger partial charge >= 0.3 is 0 Å². The largest absolute Gasteiger partial charge is 0.326 e. The van der Waals surface area contributed by atoms with E-state index in [9.17, 15) is 13.8 Å². The summed E-state index contributed by atoms with van der Waals surface area (Å²) in [5, 5.41) is 3.07. The number of carbonyl (C=O) groups excluding carboxylic acids is 1. The van der Waals surface area contributed by atoms with Gasteiger partial charge in [-0.2, -0.15) is 0 Å². The third-order valence-electron chi connectivity index (χ3n) is 3.95. The third-order valence-corrected chi connectivity index (χ3v) is 4.61. The lowest BCUT2D eigenvalue weighted by atomic mass is 10.1. The van der Waals surface area contributed by atoms with Gasteiger partial charge in [0.25, 0.3) is 5.56 Å². The molecular weight excluding hydrogens is 350 g/mol. The Bertz CT molecular complexity index is 1090. The van der Waals surface area contributed by atoms with Crippen molar-refractivity contribution < 1.29 is 9.00 Å². The van der Waals surface area contributed by atoms with E-state index in [1.165, 1.54) is 11.5 Å². The first-order valence-electron chi connectivity index (χ1n) is 8.06. The van der Waals surface area contributed by atoms with Crippen LogP contribution >= 0.6 is 0 Å². The van der Waals surface area contributed by atoms with E-state index in [4.69, 9.17) is 0 Å². The Labute approximate surface area is 153 Å². The van der Waals surface area contributed by atoms with E-state index in [0.29, 0.717) is 28.1 Å². The van der Waals surface area contributed by atoms with E-state index in [1.54, 1.807) is 24.5 Å². The molecule has 0 bridgehead atoms. The number of hydrogen-bond donors (Lipinski definition) is 1. The van der Waals surface area contributed by atoms with E-state index in [0.717, 1.165) is 5.56 Å². The standard InChI is InChI=1S/C19H19N3O3S/c1-12-6-4-5-7-17(12)22-18(11-26(3)25)21-16-9-8-14(20-13(2)23)10-15(16)19(22)24/h4-10H,11H2,1-3H3,(H,20,23). The maximum absolute atomic E-state index is 13.2. The van der Waals surface area contributed by atoms with Gasteiger partial charge in [0, 0.05) is 29.7 Å². The number of aromatic nitrogens is 2. The molecule has 0 radical (unpaired) electrons. The number of nitrogens with zero attached hydrogens (tertiary/aromatic N) is 2. The molecule has 26 heavy (non-hydrogen) atoms. The first-order valence-corrected chi connectivity index (χ1v) is 9.79. The molecule has 134 valence electrons. The Balaban J connectivity index is 2.33. The average molecular weight is 369 g/mol. The van der Waals surface area contributed by atoms with Crippen LogP contribution in [0.3, 0.4) is 0 Å². The fourth-order valence-electron chi connectivity index (χ4n) is 2.85. The Hall–Kier alpha value is -2.80. The monoisotopic (exact) mass is 369 g/mol. The number of anilines is 1. The van der Waals surface area contributed by atoms with Crippen molar-refractivity contribution in [2.24, 2.45) is 0 Å². The van der Waals surface area contributed by atoms with Crippen molar-refractivity contribution >= 4 is 33.3 Å². The lowest BCUT2D eigenvalue weighted by Crippen LogP contribution is -2.25. The molecule has 1 atom stereocenters. The molecule has 0 aliphatic rings. The second-order valence-electron chi connectivity index (χ2n) is 6.09. The Morgan fingerprint density at radius 1 is 1.23 bits per heavy atom. The topological polar surface area (TPSA) is 81.1 Å². The van der Waals surface area contributed by atoms with Crippen molar-refractivity contribution in [1.82, 2.24) is 9.55 Å². The highest BCUT2D eigenvalue weighted by molar-refractivity contribution is 7.83. The summed E-state index contributed by atoms with van der Waals surface area (Å²) in [6.45, 7) is 3.32. The summed E-state index contributed by atoms with van der Waals surface area (Å²) in [6.07, 6.45) is 1.58. The van der Waals surface area contributed by atoms with Crippen LogP contribution in [-0.4, -0.2) is 25.9 Å². The van der Waals surface area contributed by atoms with Crippen LogP contribution in [0.15, 0.2) is 47.3 Å². The Morgan fingerprint density at radius 2 is 1.96 bits per heavy atom. The van der Waals surface area contributed by atoms with Gasteiger partial charge < -0.3 is 5.32 Å². The van der Waals surface area contributed by atoms with Gasteiger partial charge in [0.15, 0.2) is 0 Å². The summed E-state index contributed by atoms with van der Waals surface area (Å²) >= 11 is 0. The second-order valence-corrected chi connectivity index (χ2v) is 7.52. The van der Waals surface area contributed by atoms with Crippen LogP contribution in [0.4, 0.5) is 5.69 Å². The van der Waals surface area contributed by atoms with Crippen LogP contribution in [0.5, 0.6) is 0 Å². The molecule has 2 aromatic carbocycles. The molecule has 1 unspecified atom stereocenters. The number of benzene rings is 2. The lowest BCUT2D eigenvalue weighted by molar-refractivity contribution is -0.114. The number of para-hydroxylation sites is 1. The van der Waals surface area contributed by atoms with Gasteiger partial charge in [-0.05, 0) is 36.8 Å². The number of nitrogens with one attached hydrogen (secondary N) is 1. The van der Waals surface area contributed by atoms with Crippen LogP contribution in [0.25, 0.3) is 16.6 Å². The first kappa shape index (κ1) is 18.0. The molecular formula is C19H19N3O3S. The number of rotatable bonds is 4. The molecule has 0 spiro atoms. The van der Waals surface area contributed by atoms with E-state index in [2.05, 4.69) is 10.3 Å². The van der Waals surface area contributed by atoms with Gasteiger partial charge in [-0.25, -0.2) is 4.98 Å². The summed E-state index contributed by atoms with van der Waals surface area (Å²) < 4.78 is 13.3. The summed E-state index contributed by atoms with van der Waals surface area (Å²) in [4.78, 5) is 29.1. The van der Waals surface area contributed by atoms with Crippen molar-refractivity contribution in [1.29, 1.82) is 0 Å². The SMILES string of the molecule is CC(=O)Nc1ccc2nc(CS(C)=O)n(-c3ccccc3C)c(=O)c2c1. The normalized spacial score (nSPS) is 12.1. The molecule has 3 rings (SSSR count). The highest BCUT2D eigenvalue weighted by Gasteiger charge is 2.15. The molecule has 0 saturated carbocycles. The smallest absolute Gasteiger partial charge is 0.266 e. The van der Waals surface area contributed by atoms with Crippen molar-refractivity contribution in [3.05, 3.63) is 64.2 Å². The van der Waals surface area contributed by atoms with Gasteiger partial charge in [0.1, 0.15) is 5.82 Å². The van der Waals surface area contributed by atoms with Crippen LogP contribution in [0, 0.1) is 6.92 Å². The number of hydrogen-bond acceptors (Lipinski definition) is 4. The van der Waals surface area contributed by atoms with Gasteiger partial charge in [0.05, 0.1) is 22.3 Å². The minimum Gasteiger partial charge on any atom is -0.326 e. The van der Waals surface area contributed by atoms with E-state index < -0.39 is 10.8 Å². The minimum absolute atomic E-state index is 0.174. The minimum atomic E-state index is -1.15. The molecule has 1 aromatic heterocycles. The number of fused-ring (bicyclic) bond motifs is 1. The molecule has 0 fully saturated rings. The predicted octanol–water partition coefficient (Wildman–Crippen LogP) is 2.53. The molecule has 7 heteroatoms. The zero-order valence-corrected chi connectivity index (χ0v) is 15.6. The summed E-state index contributed by atoms with van der Waals surface area (Å²) in [5.74, 6) is 0.409. The van der Waals surface area contributed by atoms with Crippen molar-refractivity contribution in [2.45, 2.75) is 19.6 Å². The highest BCUT2D eigenvalue weighted by Crippen LogP contribution is 2.19. The number of carbonyl (C=O) groups is 1. The quantitative estimate of drug-likeness (QED) is 0.766. The predicted molar refractivity (Wildman–Crippen MR) is 104 cm³/mol. The maximum atomic E-state index is 13.2. The fourth-order valence-corrected chi connectivity index (χ4v) is 3.41. The molecule has 0 aliphatic carbocycles. The first-order chi connectivity index (χ1) is 12.4. The Kier molecular flexibility index (Phi) is 4.99. The maximum Gasteiger partial charge on any atom is 0.266 e. The van der Waals surface area contributed by atoms with Crippen molar-refractivity contribution in [3.8, 4) is 5.69 Å². The average Bonchev–Trinajstić information content (AvgIpc) is 2.56. The molecule has 6 nitrogen and oxygen atoms in total. The van der Waals surface area contributed by atoms with E-state index in [-0.39, 0.29) is 17.2 Å². The van der Waals surface area contributed by atoms with Gasteiger partial charge in [-0.1, -0.05) is 18.2 Å². The molecule has 1 N–H and O–H groups in total. The van der Waals surface area contributed by atoms with Gasteiger partial charge in [-0.15, -0.1) is 0 Å². The summed E-state index contributed by atoms with van der Waals surface area (Å²) in [7, 11) is -1.15. The zero-order valence-electron chi connectivity index (χ0n) is 14.8. The molecule has 1 amide bonds. The van der Waals surface area contributed by atoms with E-state index >= 15 is 0 Å². The van der Waals surface area contributed by atoms with Crippen molar-refractivity contribution in [3.63, 3.8) is 0 Å². The van der Waals surface area contributed by atoms with Crippen LogP contribution in [-0.2, 0) is 21.3 Å².